The molecule has 4 nitrogen and oxygen atoms in total. The Morgan fingerprint density at radius 1 is 0.297 bits per heavy atom. The van der Waals surface area contributed by atoms with E-state index in [0.29, 0.717) is 0 Å². The molecule has 4 heteroatoms. The molecule has 0 atom stereocenters. The molecular weight excluding hydrogens is 779 g/mol. The van der Waals surface area contributed by atoms with Crippen LogP contribution in [0.5, 0.6) is 0 Å². The van der Waals surface area contributed by atoms with Gasteiger partial charge >= 0.3 is 0 Å². The molecule has 0 N–H and O–H groups in total. The summed E-state index contributed by atoms with van der Waals surface area (Å²) in [5.41, 5.74) is 16.6. The lowest BCUT2D eigenvalue weighted by atomic mass is 10.0. The number of nitrogens with zero attached hydrogens (tertiary/aromatic N) is 3. The zero-order valence-electron chi connectivity index (χ0n) is 34.8. The smallest absolute Gasteiger partial charge is 0.159 e. The lowest BCUT2D eigenvalue weighted by molar-refractivity contribution is 0.669. The Bertz CT molecular complexity index is 3820. The molecule has 10 aromatic carbocycles. The van der Waals surface area contributed by atoms with Crippen LogP contribution >= 0.6 is 0 Å². The highest BCUT2D eigenvalue weighted by Crippen LogP contribution is 2.44. The highest BCUT2D eigenvalue weighted by atomic mass is 16.3. The molecule has 0 amide bonds. The van der Waals surface area contributed by atoms with Crippen molar-refractivity contribution in [3.8, 4) is 33.6 Å². The van der Waals surface area contributed by atoms with E-state index in [1.807, 2.05) is 12.1 Å². The van der Waals surface area contributed by atoms with Crippen LogP contribution in [0.4, 0.5) is 17.1 Å². The van der Waals surface area contributed by atoms with Gasteiger partial charge in [0.15, 0.2) is 5.58 Å². The first kappa shape index (κ1) is 36.1. The fourth-order valence-corrected chi connectivity index (χ4v) is 9.95. The SMILES string of the molecule is c1ccc(-n2c3ccccc3c3cc(-c4ccc(N(c5ccc(-c6ccc(-n7c8ccccc8c8ccccc87)cc6)cc5)c5cccc6c5oc5ccccc56)cc4)ccc32)cc1. The molecule has 300 valence electrons. The molecule has 64 heavy (non-hydrogen) atoms. The maximum atomic E-state index is 6.65. The molecule has 0 spiro atoms. The predicted molar refractivity (Wildman–Crippen MR) is 268 cm³/mol. The molecule has 0 aliphatic heterocycles. The molecule has 0 aliphatic rings. The Morgan fingerprint density at radius 3 is 1.34 bits per heavy atom. The van der Waals surface area contributed by atoms with E-state index in [1.165, 1.54) is 49.2 Å². The van der Waals surface area contributed by atoms with Crippen LogP contribution < -0.4 is 4.90 Å². The van der Waals surface area contributed by atoms with Gasteiger partial charge in [-0.15, -0.1) is 0 Å². The molecule has 3 heterocycles. The number of furan rings is 1. The Balaban J connectivity index is 0.886. The second kappa shape index (κ2) is 14.5. The van der Waals surface area contributed by atoms with Crippen LogP contribution in [0.25, 0.3) is 99.2 Å². The summed E-state index contributed by atoms with van der Waals surface area (Å²) in [7, 11) is 0. The summed E-state index contributed by atoms with van der Waals surface area (Å²) in [6, 6.07) is 85.0. The molecule has 0 bridgehead atoms. The van der Waals surface area contributed by atoms with Crippen molar-refractivity contribution >= 4 is 82.6 Å². The quantitative estimate of drug-likeness (QED) is 0.160. The predicted octanol–water partition coefficient (Wildman–Crippen LogP) is 16.6. The first-order chi connectivity index (χ1) is 31.7. The Labute approximate surface area is 369 Å². The van der Waals surface area contributed by atoms with E-state index in [1.54, 1.807) is 0 Å². The van der Waals surface area contributed by atoms with Gasteiger partial charge in [-0.25, -0.2) is 0 Å². The third-order valence-corrected chi connectivity index (χ3v) is 12.9. The minimum atomic E-state index is 0.859. The summed E-state index contributed by atoms with van der Waals surface area (Å²) in [5, 5.41) is 7.21. The van der Waals surface area contributed by atoms with Gasteiger partial charge in [0.05, 0.1) is 27.8 Å². The van der Waals surface area contributed by atoms with Crippen molar-refractivity contribution in [1.82, 2.24) is 9.13 Å². The fourth-order valence-electron chi connectivity index (χ4n) is 9.95. The summed E-state index contributed by atoms with van der Waals surface area (Å²) in [6.07, 6.45) is 0. The van der Waals surface area contributed by atoms with Gasteiger partial charge in [-0.1, -0.05) is 146 Å². The van der Waals surface area contributed by atoms with Gasteiger partial charge < -0.3 is 18.5 Å². The Hall–Kier alpha value is -8.60. The minimum Gasteiger partial charge on any atom is -0.454 e. The maximum absolute atomic E-state index is 6.65. The number of benzene rings is 10. The number of aromatic nitrogens is 2. The molecule has 0 saturated carbocycles. The van der Waals surface area contributed by atoms with Gasteiger partial charge in [0.2, 0.25) is 0 Å². The van der Waals surface area contributed by atoms with Gasteiger partial charge in [0.1, 0.15) is 5.58 Å². The molecule has 13 rings (SSSR count). The maximum Gasteiger partial charge on any atom is 0.159 e. The van der Waals surface area contributed by atoms with Gasteiger partial charge in [0.25, 0.3) is 0 Å². The number of hydrogen-bond donors (Lipinski definition) is 0. The van der Waals surface area contributed by atoms with E-state index in [4.69, 9.17) is 4.42 Å². The molecule has 0 unspecified atom stereocenters. The van der Waals surface area contributed by atoms with Crippen molar-refractivity contribution in [3.05, 3.63) is 237 Å². The van der Waals surface area contributed by atoms with Crippen molar-refractivity contribution in [2.75, 3.05) is 4.90 Å². The molecule has 0 aliphatic carbocycles. The van der Waals surface area contributed by atoms with Crippen LogP contribution in [-0.2, 0) is 0 Å². The second-order valence-electron chi connectivity index (χ2n) is 16.5. The number of fused-ring (bicyclic) bond motifs is 9. The van der Waals surface area contributed by atoms with Gasteiger partial charge in [-0.05, 0) is 113 Å². The lowest BCUT2D eigenvalue weighted by Gasteiger charge is -2.26. The van der Waals surface area contributed by atoms with E-state index in [-0.39, 0.29) is 0 Å². The molecule has 0 fully saturated rings. The first-order valence-corrected chi connectivity index (χ1v) is 21.8. The fraction of sp³-hybridized carbons (Fsp3) is 0. The van der Waals surface area contributed by atoms with E-state index < -0.39 is 0 Å². The zero-order chi connectivity index (χ0) is 42.1. The van der Waals surface area contributed by atoms with E-state index in [2.05, 4.69) is 238 Å². The van der Waals surface area contributed by atoms with Crippen LogP contribution in [0.3, 0.4) is 0 Å². The first-order valence-electron chi connectivity index (χ1n) is 21.8. The lowest BCUT2D eigenvalue weighted by Crippen LogP contribution is -2.10. The van der Waals surface area contributed by atoms with E-state index >= 15 is 0 Å². The van der Waals surface area contributed by atoms with Crippen molar-refractivity contribution < 1.29 is 4.42 Å². The van der Waals surface area contributed by atoms with Crippen molar-refractivity contribution in [1.29, 1.82) is 0 Å². The van der Waals surface area contributed by atoms with Crippen LogP contribution in [0, 0.1) is 0 Å². The topological polar surface area (TPSA) is 26.2 Å². The molecule has 3 aromatic heterocycles. The van der Waals surface area contributed by atoms with Crippen molar-refractivity contribution in [3.63, 3.8) is 0 Å². The number of hydrogen-bond acceptors (Lipinski definition) is 2. The monoisotopic (exact) mass is 817 g/mol. The highest BCUT2D eigenvalue weighted by molar-refractivity contribution is 6.12. The van der Waals surface area contributed by atoms with E-state index in [0.717, 1.165) is 67.1 Å². The Kier molecular flexibility index (Phi) is 8.18. The highest BCUT2D eigenvalue weighted by Gasteiger charge is 2.20. The number of rotatable bonds is 7. The minimum absolute atomic E-state index is 0.859. The summed E-state index contributed by atoms with van der Waals surface area (Å²) < 4.78 is 11.4. The van der Waals surface area contributed by atoms with Crippen molar-refractivity contribution in [2.24, 2.45) is 0 Å². The van der Waals surface area contributed by atoms with Crippen molar-refractivity contribution in [2.45, 2.75) is 0 Å². The summed E-state index contributed by atoms with van der Waals surface area (Å²) in [6.45, 7) is 0. The Morgan fingerprint density at radius 2 is 0.734 bits per heavy atom. The van der Waals surface area contributed by atoms with Crippen LogP contribution in [0.2, 0.25) is 0 Å². The zero-order valence-corrected chi connectivity index (χ0v) is 34.8. The van der Waals surface area contributed by atoms with Crippen LogP contribution in [0.1, 0.15) is 0 Å². The number of para-hydroxylation sites is 6. The van der Waals surface area contributed by atoms with E-state index in [9.17, 15) is 0 Å². The summed E-state index contributed by atoms with van der Waals surface area (Å²) in [4.78, 5) is 2.32. The number of anilines is 3. The average Bonchev–Trinajstić information content (AvgIpc) is 4.03. The third kappa shape index (κ3) is 5.70. The standard InChI is InChI=1S/C60H39N3O/c1-2-13-44(14-3-1)62-56-22-10-6-17-50(56)53-39-43(31-38-57(53)62)42-29-34-46(35-30-42)61(58-23-12-19-52-51-18-7-11-24-59(51)64-60(52)58)45-32-25-40(26-33-45)41-27-36-47(37-28-41)63-54-20-8-4-15-48(54)49-16-5-9-21-55(49)63/h1-39H. The molecule has 13 aromatic rings. The largest absolute Gasteiger partial charge is 0.454 e. The molecule has 0 radical (unpaired) electrons. The molecule has 0 saturated heterocycles. The van der Waals surface area contributed by atoms with Gasteiger partial charge in [-0.3, -0.25) is 0 Å². The van der Waals surface area contributed by atoms with Gasteiger partial charge in [0, 0.05) is 55.1 Å². The van der Waals surface area contributed by atoms with Gasteiger partial charge in [-0.2, -0.15) is 0 Å². The van der Waals surface area contributed by atoms with Crippen LogP contribution in [0.15, 0.2) is 241 Å². The normalized spacial score (nSPS) is 11.8. The molecular formula is C60H39N3O. The summed E-state index contributed by atoms with van der Waals surface area (Å²) >= 11 is 0. The second-order valence-corrected chi connectivity index (χ2v) is 16.5. The van der Waals surface area contributed by atoms with Crippen LogP contribution in [-0.4, -0.2) is 9.13 Å². The third-order valence-electron chi connectivity index (χ3n) is 12.9. The average molecular weight is 818 g/mol. The summed E-state index contributed by atoms with van der Waals surface area (Å²) in [5.74, 6) is 0.